The average molecular weight is 409 g/mol. The molecule has 116 valence electrons. The van der Waals surface area contributed by atoms with E-state index in [0.717, 1.165) is 24.5 Å². The number of hydrogen-bond acceptors (Lipinski definition) is 3. The second-order valence-electron chi connectivity index (χ2n) is 5.32. The monoisotopic (exact) mass is 409 g/mol. The summed E-state index contributed by atoms with van der Waals surface area (Å²) in [5, 5.41) is 3.62. The molecule has 0 aliphatic carbocycles. The summed E-state index contributed by atoms with van der Waals surface area (Å²) in [6.45, 7) is 3.60. The summed E-state index contributed by atoms with van der Waals surface area (Å²) >= 11 is 2.34. The second kappa shape index (κ2) is 6.87. The van der Waals surface area contributed by atoms with Crippen LogP contribution in [0.2, 0.25) is 0 Å². The SMILES string of the molecule is CCOc1cc2c(cc1OC)CCNC2c1ccc(I)cc1. The summed E-state index contributed by atoms with van der Waals surface area (Å²) < 4.78 is 12.5. The molecule has 1 unspecified atom stereocenters. The summed E-state index contributed by atoms with van der Waals surface area (Å²) in [6, 6.07) is 13.2. The van der Waals surface area contributed by atoms with Crippen LogP contribution >= 0.6 is 22.6 Å². The molecule has 0 spiro atoms. The molecule has 2 aromatic carbocycles. The molecule has 0 amide bonds. The van der Waals surface area contributed by atoms with E-state index in [1.54, 1.807) is 7.11 Å². The molecule has 0 aromatic heterocycles. The normalized spacial score (nSPS) is 17.0. The van der Waals surface area contributed by atoms with Crippen LogP contribution in [0.3, 0.4) is 0 Å². The van der Waals surface area contributed by atoms with Gasteiger partial charge in [-0.15, -0.1) is 0 Å². The zero-order valence-corrected chi connectivity index (χ0v) is 15.0. The van der Waals surface area contributed by atoms with Gasteiger partial charge >= 0.3 is 0 Å². The van der Waals surface area contributed by atoms with Gasteiger partial charge in [0.15, 0.2) is 11.5 Å². The van der Waals surface area contributed by atoms with E-state index in [-0.39, 0.29) is 6.04 Å². The zero-order valence-electron chi connectivity index (χ0n) is 12.9. The fourth-order valence-electron chi connectivity index (χ4n) is 2.94. The number of methoxy groups -OCH3 is 1. The van der Waals surface area contributed by atoms with Crippen LogP contribution in [0.1, 0.15) is 29.7 Å². The van der Waals surface area contributed by atoms with Gasteiger partial charge in [0.1, 0.15) is 0 Å². The predicted octanol–water partition coefficient (Wildman–Crippen LogP) is 3.93. The molecule has 2 aromatic rings. The minimum Gasteiger partial charge on any atom is -0.493 e. The first-order valence-corrected chi connectivity index (χ1v) is 8.63. The van der Waals surface area contributed by atoms with Gasteiger partial charge < -0.3 is 14.8 Å². The van der Waals surface area contributed by atoms with Gasteiger partial charge in [-0.1, -0.05) is 12.1 Å². The van der Waals surface area contributed by atoms with Crippen LogP contribution in [0, 0.1) is 3.57 Å². The van der Waals surface area contributed by atoms with Gasteiger partial charge in [-0.3, -0.25) is 0 Å². The Balaban J connectivity index is 2.04. The summed E-state index contributed by atoms with van der Waals surface area (Å²) in [5.74, 6) is 1.65. The molecule has 22 heavy (non-hydrogen) atoms. The van der Waals surface area contributed by atoms with E-state index in [9.17, 15) is 0 Å². The van der Waals surface area contributed by atoms with Crippen LogP contribution in [0.15, 0.2) is 36.4 Å². The highest BCUT2D eigenvalue weighted by Gasteiger charge is 2.23. The Morgan fingerprint density at radius 1 is 1.18 bits per heavy atom. The van der Waals surface area contributed by atoms with Gasteiger partial charge in [0.25, 0.3) is 0 Å². The average Bonchev–Trinajstić information content (AvgIpc) is 2.55. The minimum absolute atomic E-state index is 0.214. The summed E-state index contributed by atoms with van der Waals surface area (Å²) in [5.41, 5.74) is 3.91. The van der Waals surface area contributed by atoms with Crippen molar-refractivity contribution in [2.24, 2.45) is 0 Å². The van der Waals surface area contributed by atoms with Crippen molar-refractivity contribution >= 4 is 22.6 Å². The fraction of sp³-hybridized carbons (Fsp3) is 0.333. The molecule has 0 saturated carbocycles. The number of nitrogens with one attached hydrogen (secondary N) is 1. The minimum atomic E-state index is 0.214. The number of halogens is 1. The Bertz CT molecular complexity index is 655. The Morgan fingerprint density at radius 2 is 1.95 bits per heavy atom. The van der Waals surface area contributed by atoms with E-state index in [1.807, 2.05) is 6.92 Å². The van der Waals surface area contributed by atoms with Gasteiger partial charge in [0.2, 0.25) is 0 Å². The van der Waals surface area contributed by atoms with Gasteiger partial charge in [0, 0.05) is 10.1 Å². The topological polar surface area (TPSA) is 30.5 Å². The van der Waals surface area contributed by atoms with Crippen molar-refractivity contribution < 1.29 is 9.47 Å². The highest BCUT2D eigenvalue weighted by molar-refractivity contribution is 14.1. The second-order valence-corrected chi connectivity index (χ2v) is 6.57. The molecule has 1 aliphatic rings. The molecule has 1 atom stereocenters. The molecule has 3 nitrogen and oxygen atoms in total. The van der Waals surface area contributed by atoms with Crippen molar-refractivity contribution in [3.8, 4) is 11.5 Å². The molecular formula is C18H20INO2. The molecular weight excluding hydrogens is 389 g/mol. The van der Waals surface area contributed by atoms with Crippen LogP contribution in [0.4, 0.5) is 0 Å². The molecule has 0 fully saturated rings. The van der Waals surface area contributed by atoms with Gasteiger partial charge in [0.05, 0.1) is 19.8 Å². The largest absolute Gasteiger partial charge is 0.493 e. The lowest BCUT2D eigenvalue weighted by atomic mass is 9.89. The Hall–Kier alpha value is -1.27. The van der Waals surface area contributed by atoms with E-state index < -0.39 is 0 Å². The van der Waals surface area contributed by atoms with Crippen molar-refractivity contribution in [1.29, 1.82) is 0 Å². The Labute approximate surface area is 145 Å². The smallest absolute Gasteiger partial charge is 0.161 e. The molecule has 0 radical (unpaired) electrons. The van der Waals surface area contributed by atoms with Crippen molar-refractivity contribution in [3.63, 3.8) is 0 Å². The van der Waals surface area contributed by atoms with Crippen molar-refractivity contribution in [3.05, 3.63) is 56.7 Å². The van der Waals surface area contributed by atoms with E-state index >= 15 is 0 Å². The highest BCUT2D eigenvalue weighted by atomic mass is 127. The lowest BCUT2D eigenvalue weighted by Crippen LogP contribution is -2.30. The summed E-state index contributed by atoms with van der Waals surface area (Å²) in [4.78, 5) is 0. The molecule has 1 heterocycles. The third-order valence-corrected chi connectivity index (χ3v) is 4.70. The lowest BCUT2D eigenvalue weighted by molar-refractivity contribution is 0.309. The maximum Gasteiger partial charge on any atom is 0.161 e. The molecule has 0 bridgehead atoms. The van der Waals surface area contributed by atoms with Crippen molar-refractivity contribution in [2.45, 2.75) is 19.4 Å². The van der Waals surface area contributed by atoms with Crippen LogP contribution in [-0.2, 0) is 6.42 Å². The maximum absolute atomic E-state index is 5.74. The third-order valence-electron chi connectivity index (χ3n) is 3.98. The number of rotatable bonds is 4. The first kappa shape index (κ1) is 15.6. The highest BCUT2D eigenvalue weighted by Crippen LogP contribution is 2.37. The molecule has 1 aliphatic heterocycles. The standard InChI is InChI=1S/C18H20INO2/c1-3-22-17-11-15-13(10-16(17)21-2)8-9-20-18(15)12-4-6-14(19)7-5-12/h4-7,10-11,18,20H,3,8-9H2,1-2H3. The van der Waals surface area contributed by atoms with E-state index in [1.165, 1.54) is 20.3 Å². The first-order chi connectivity index (χ1) is 10.7. The van der Waals surface area contributed by atoms with Gasteiger partial charge in [-0.25, -0.2) is 0 Å². The fourth-order valence-corrected chi connectivity index (χ4v) is 3.30. The Morgan fingerprint density at radius 3 is 2.64 bits per heavy atom. The van der Waals surface area contributed by atoms with Gasteiger partial charge in [-0.2, -0.15) is 0 Å². The van der Waals surface area contributed by atoms with Crippen LogP contribution in [0.5, 0.6) is 11.5 Å². The summed E-state index contributed by atoms with van der Waals surface area (Å²) in [6.07, 6.45) is 1.01. The van der Waals surface area contributed by atoms with Crippen LogP contribution in [0.25, 0.3) is 0 Å². The molecule has 1 N–H and O–H groups in total. The van der Waals surface area contributed by atoms with Gasteiger partial charge in [-0.05, 0) is 76.9 Å². The quantitative estimate of drug-likeness (QED) is 0.777. The number of fused-ring (bicyclic) bond motifs is 1. The predicted molar refractivity (Wildman–Crippen MR) is 96.9 cm³/mol. The first-order valence-electron chi connectivity index (χ1n) is 7.55. The molecule has 0 saturated heterocycles. The van der Waals surface area contributed by atoms with E-state index in [4.69, 9.17) is 9.47 Å². The van der Waals surface area contributed by atoms with Crippen molar-refractivity contribution in [1.82, 2.24) is 5.32 Å². The zero-order chi connectivity index (χ0) is 15.5. The summed E-state index contributed by atoms with van der Waals surface area (Å²) in [7, 11) is 1.70. The molecule has 3 rings (SSSR count). The number of hydrogen-bond donors (Lipinski definition) is 1. The third kappa shape index (κ3) is 3.08. The Kier molecular flexibility index (Phi) is 4.88. The molecule has 4 heteroatoms. The number of ether oxygens (including phenoxy) is 2. The van der Waals surface area contributed by atoms with E-state index in [2.05, 4.69) is 64.3 Å². The maximum atomic E-state index is 5.74. The van der Waals surface area contributed by atoms with Crippen LogP contribution in [-0.4, -0.2) is 20.3 Å². The van der Waals surface area contributed by atoms with Crippen molar-refractivity contribution in [2.75, 3.05) is 20.3 Å². The number of benzene rings is 2. The van der Waals surface area contributed by atoms with E-state index in [0.29, 0.717) is 6.61 Å². The van der Waals surface area contributed by atoms with Crippen LogP contribution < -0.4 is 14.8 Å². The lowest BCUT2D eigenvalue weighted by Gasteiger charge is -2.28.